The number of hydrogen-bond donors (Lipinski definition) is 1. The molecule has 2 atom stereocenters. The van der Waals surface area contributed by atoms with Gasteiger partial charge >= 0.3 is 6.09 Å². The van der Waals surface area contributed by atoms with Crippen molar-refractivity contribution in [2.24, 2.45) is 0 Å². The second-order valence-corrected chi connectivity index (χ2v) is 6.76. The van der Waals surface area contributed by atoms with Crippen LogP contribution in [0.3, 0.4) is 0 Å². The fourth-order valence-corrected chi connectivity index (χ4v) is 2.90. The number of nitrogens with zero attached hydrogens (tertiary/aromatic N) is 1. The van der Waals surface area contributed by atoms with Gasteiger partial charge in [-0.2, -0.15) is 0 Å². The highest BCUT2D eigenvalue weighted by Crippen LogP contribution is 2.34. The predicted octanol–water partition coefficient (Wildman–Crippen LogP) is 3.08. The van der Waals surface area contributed by atoms with Gasteiger partial charge in [-0.15, -0.1) is 0 Å². The van der Waals surface area contributed by atoms with Gasteiger partial charge in [0.1, 0.15) is 5.60 Å². The Morgan fingerprint density at radius 2 is 2.05 bits per heavy atom. The lowest BCUT2D eigenvalue weighted by molar-refractivity contribution is 0.0174. The Hall–Kier alpha value is -1.55. The third-order valence-electron chi connectivity index (χ3n) is 3.88. The molecule has 0 aliphatic carbocycles. The SMILES string of the molecule is Cc1ccccc1C1CC(CO)N(C(=O)OC(C)(C)C)C1. The standard InChI is InChI=1S/C17H25NO3/c1-12-7-5-6-8-15(12)13-9-14(11-19)18(10-13)16(20)21-17(2,3)4/h5-8,13-14,19H,9-11H2,1-4H3. The van der Waals surface area contributed by atoms with Gasteiger partial charge in [0.25, 0.3) is 0 Å². The lowest BCUT2D eigenvalue weighted by Crippen LogP contribution is -2.41. The Morgan fingerprint density at radius 1 is 1.38 bits per heavy atom. The zero-order valence-electron chi connectivity index (χ0n) is 13.3. The molecule has 2 rings (SSSR count). The second-order valence-electron chi connectivity index (χ2n) is 6.76. The molecule has 4 heteroatoms. The zero-order valence-corrected chi connectivity index (χ0v) is 13.3. The molecule has 1 amide bonds. The van der Waals surface area contributed by atoms with Crippen LogP contribution in [0.25, 0.3) is 0 Å². The molecule has 0 spiro atoms. The van der Waals surface area contributed by atoms with Crippen molar-refractivity contribution < 1.29 is 14.6 Å². The molecule has 1 saturated heterocycles. The van der Waals surface area contributed by atoms with E-state index in [1.807, 2.05) is 32.9 Å². The largest absolute Gasteiger partial charge is 0.444 e. The van der Waals surface area contributed by atoms with E-state index < -0.39 is 5.60 Å². The van der Waals surface area contributed by atoms with Gasteiger partial charge in [-0.1, -0.05) is 24.3 Å². The molecule has 116 valence electrons. The van der Waals surface area contributed by atoms with Crippen LogP contribution in [0.5, 0.6) is 0 Å². The Bertz CT molecular complexity index is 507. The highest BCUT2D eigenvalue weighted by Gasteiger charge is 2.38. The number of aliphatic hydroxyl groups is 1. The quantitative estimate of drug-likeness (QED) is 0.911. The molecule has 0 radical (unpaired) electrons. The van der Waals surface area contributed by atoms with E-state index in [9.17, 15) is 9.90 Å². The van der Waals surface area contributed by atoms with Crippen LogP contribution in [-0.2, 0) is 4.74 Å². The molecule has 0 aromatic heterocycles. The topological polar surface area (TPSA) is 49.8 Å². The van der Waals surface area contributed by atoms with Gasteiger partial charge in [-0.25, -0.2) is 4.79 Å². The smallest absolute Gasteiger partial charge is 0.410 e. The number of amides is 1. The maximum absolute atomic E-state index is 12.3. The number of hydrogen-bond acceptors (Lipinski definition) is 3. The molecule has 0 bridgehead atoms. The van der Waals surface area contributed by atoms with E-state index in [1.165, 1.54) is 11.1 Å². The number of carbonyl (C=O) groups excluding carboxylic acids is 1. The molecule has 4 nitrogen and oxygen atoms in total. The Morgan fingerprint density at radius 3 is 2.62 bits per heavy atom. The Kier molecular flexibility index (Phi) is 4.57. The summed E-state index contributed by atoms with van der Waals surface area (Å²) in [4.78, 5) is 14.0. The van der Waals surface area contributed by atoms with Gasteiger partial charge in [0, 0.05) is 12.5 Å². The Balaban J connectivity index is 2.14. The molecule has 1 aromatic rings. The van der Waals surface area contributed by atoms with E-state index in [2.05, 4.69) is 19.1 Å². The summed E-state index contributed by atoms with van der Waals surface area (Å²) in [5.41, 5.74) is 1.96. The van der Waals surface area contributed by atoms with Gasteiger partial charge in [-0.05, 0) is 45.2 Å². The average molecular weight is 291 g/mol. The summed E-state index contributed by atoms with van der Waals surface area (Å²) < 4.78 is 5.44. The minimum atomic E-state index is -0.516. The summed E-state index contributed by atoms with van der Waals surface area (Å²) in [6, 6.07) is 8.06. The maximum atomic E-state index is 12.3. The summed E-state index contributed by atoms with van der Waals surface area (Å²) in [5.74, 6) is 0.260. The fourth-order valence-electron chi connectivity index (χ4n) is 2.90. The van der Waals surface area contributed by atoms with Gasteiger partial charge in [-0.3, -0.25) is 0 Å². The minimum Gasteiger partial charge on any atom is -0.444 e. The number of rotatable bonds is 2. The van der Waals surface area contributed by atoms with E-state index in [0.29, 0.717) is 6.54 Å². The average Bonchev–Trinajstić information content (AvgIpc) is 2.81. The predicted molar refractivity (Wildman–Crippen MR) is 82.4 cm³/mol. The highest BCUT2D eigenvalue weighted by atomic mass is 16.6. The highest BCUT2D eigenvalue weighted by molar-refractivity contribution is 5.69. The van der Waals surface area contributed by atoms with Crippen molar-refractivity contribution in [2.75, 3.05) is 13.2 Å². The first-order valence-corrected chi connectivity index (χ1v) is 7.48. The molecular weight excluding hydrogens is 266 g/mol. The van der Waals surface area contributed by atoms with Crippen molar-refractivity contribution in [3.8, 4) is 0 Å². The summed E-state index contributed by atoms with van der Waals surface area (Å²) in [6.45, 7) is 8.22. The lowest BCUT2D eigenvalue weighted by atomic mass is 9.93. The summed E-state index contributed by atoms with van der Waals surface area (Å²) in [5, 5.41) is 9.57. The van der Waals surface area contributed by atoms with E-state index in [0.717, 1.165) is 6.42 Å². The minimum absolute atomic E-state index is 0.0262. The van der Waals surface area contributed by atoms with E-state index in [4.69, 9.17) is 4.74 Å². The summed E-state index contributed by atoms with van der Waals surface area (Å²) >= 11 is 0. The van der Waals surface area contributed by atoms with Crippen molar-refractivity contribution in [1.82, 2.24) is 4.90 Å². The summed E-state index contributed by atoms with van der Waals surface area (Å²) in [6.07, 6.45) is 0.443. The molecule has 0 saturated carbocycles. The van der Waals surface area contributed by atoms with Crippen molar-refractivity contribution in [2.45, 2.75) is 51.7 Å². The number of likely N-dealkylation sites (tertiary alicyclic amines) is 1. The van der Waals surface area contributed by atoms with Crippen LogP contribution in [-0.4, -0.2) is 40.9 Å². The van der Waals surface area contributed by atoms with Crippen molar-refractivity contribution >= 4 is 6.09 Å². The molecule has 1 heterocycles. The number of aryl methyl sites for hydroxylation is 1. The molecule has 21 heavy (non-hydrogen) atoms. The lowest BCUT2D eigenvalue weighted by Gasteiger charge is -2.27. The van der Waals surface area contributed by atoms with Gasteiger partial charge in [0.2, 0.25) is 0 Å². The van der Waals surface area contributed by atoms with E-state index in [-0.39, 0.29) is 24.7 Å². The van der Waals surface area contributed by atoms with Crippen molar-refractivity contribution in [1.29, 1.82) is 0 Å². The first kappa shape index (κ1) is 15.8. The van der Waals surface area contributed by atoms with Crippen LogP contribution in [0.15, 0.2) is 24.3 Å². The van der Waals surface area contributed by atoms with Gasteiger partial charge in [0.05, 0.1) is 12.6 Å². The van der Waals surface area contributed by atoms with Crippen LogP contribution in [0.2, 0.25) is 0 Å². The van der Waals surface area contributed by atoms with Crippen LogP contribution < -0.4 is 0 Å². The zero-order chi connectivity index (χ0) is 15.6. The van der Waals surface area contributed by atoms with Gasteiger partial charge in [0.15, 0.2) is 0 Å². The first-order valence-electron chi connectivity index (χ1n) is 7.48. The molecule has 1 aliphatic rings. The first-order chi connectivity index (χ1) is 9.81. The van der Waals surface area contributed by atoms with E-state index >= 15 is 0 Å². The number of ether oxygens (including phenoxy) is 1. The van der Waals surface area contributed by atoms with Crippen LogP contribution in [0, 0.1) is 6.92 Å². The molecule has 1 N–H and O–H groups in total. The molecule has 1 fully saturated rings. The van der Waals surface area contributed by atoms with Crippen molar-refractivity contribution in [3.05, 3.63) is 35.4 Å². The number of aliphatic hydroxyl groups excluding tert-OH is 1. The Labute approximate surface area is 126 Å². The third-order valence-corrected chi connectivity index (χ3v) is 3.88. The fraction of sp³-hybridized carbons (Fsp3) is 0.588. The van der Waals surface area contributed by atoms with Crippen LogP contribution in [0.4, 0.5) is 4.79 Å². The van der Waals surface area contributed by atoms with Gasteiger partial charge < -0.3 is 14.7 Å². The molecular formula is C17H25NO3. The number of benzene rings is 1. The summed E-state index contributed by atoms with van der Waals surface area (Å²) in [7, 11) is 0. The molecule has 1 aromatic carbocycles. The third kappa shape index (κ3) is 3.76. The maximum Gasteiger partial charge on any atom is 0.410 e. The normalized spacial score (nSPS) is 22.4. The molecule has 1 aliphatic heterocycles. The second kappa shape index (κ2) is 6.06. The molecule has 2 unspecified atom stereocenters. The number of carbonyl (C=O) groups is 1. The van der Waals surface area contributed by atoms with Crippen molar-refractivity contribution in [3.63, 3.8) is 0 Å². The monoisotopic (exact) mass is 291 g/mol. The van der Waals surface area contributed by atoms with E-state index in [1.54, 1.807) is 4.90 Å². The van der Waals surface area contributed by atoms with Crippen LogP contribution >= 0.6 is 0 Å². The van der Waals surface area contributed by atoms with Crippen LogP contribution in [0.1, 0.15) is 44.2 Å².